The van der Waals surface area contributed by atoms with Crippen LogP contribution in [0.15, 0.2) is 121 Å². The van der Waals surface area contributed by atoms with Gasteiger partial charge >= 0.3 is 0 Å². The van der Waals surface area contributed by atoms with Gasteiger partial charge in [-0.1, -0.05) is 97.1 Å². The van der Waals surface area contributed by atoms with E-state index in [2.05, 4.69) is 135 Å². The molecule has 2 heterocycles. The molecule has 0 amide bonds. The topological polar surface area (TPSA) is 25.8 Å². The lowest BCUT2D eigenvalue weighted by Crippen LogP contribution is -2.25. The van der Waals surface area contributed by atoms with Crippen molar-refractivity contribution in [2.45, 2.75) is 19.3 Å². The molecule has 2 aromatic heterocycles. The van der Waals surface area contributed by atoms with E-state index in [0.717, 1.165) is 22.4 Å². The predicted octanol–water partition coefficient (Wildman–Crippen LogP) is 10.0. The molecule has 2 aliphatic carbocycles. The van der Waals surface area contributed by atoms with E-state index in [9.17, 15) is 0 Å². The van der Waals surface area contributed by atoms with Gasteiger partial charge in [-0.05, 0) is 93.7 Å². The maximum atomic E-state index is 5.12. The summed E-state index contributed by atoms with van der Waals surface area (Å²) in [6, 6.07) is 45.0. The zero-order valence-corrected chi connectivity index (χ0v) is 23.9. The molecule has 0 saturated carbocycles. The first-order chi connectivity index (χ1) is 21.1. The number of aryl methyl sites for hydroxylation is 2. The van der Waals surface area contributed by atoms with Crippen LogP contribution < -0.4 is 0 Å². The molecule has 2 aliphatic rings. The maximum absolute atomic E-state index is 5.12. The summed E-state index contributed by atoms with van der Waals surface area (Å²) in [6.45, 7) is 4.23. The number of pyridine rings is 2. The van der Waals surface area contributed by atoms with Crippen molar-refractivity contribution in [2.24, 2.45) is 0 Å². The maximum Gasteiger partial charge on any atom is 0.0725 e. The minimum Gasteiger partial charge on any atom is -0.252 e. The zero-order valence-electron chi connectivity index (χ0n) is 23.9. The normalized spacial score (nSPS) is 14.0. The highest BCUT2D eigenvalue weighted by molar-refractivity contribution is 6.22. The monoisotopic (exact) mass is 546 g/mol. The third-order valence-electron chi connectivity index (χ3n) is 10.1. The van der Waals surface area contributed by atoms with Crippen LogP contribution in [0.4, 0.5) is 0 Å². The Kier molecular flexibility index (Phi) is 4.29. The summed E-state index contributed by atoms with van der Waals surface area (Å²) in [5.74, 6) is 0. The minimum absolute atomic E-state index is 0.315. The fourth-order valence-electron chi connectivity index (χ4n) is 8.39. The quantitative estimate of drug-likeness (QED) is 0.191. The van der Waals surface area contributed by atoms with Gasteiger partial charge in [0.1, 0.15) is 0 Å². The molecule has 0 bridgehead atoms. The molecule has 43 heavy (non-hydrogen) atoms. The van der Waals surface area contributed by atoms with Crippen LogP contribution >= 0.6 is 0 Å². The molecule has 6 aromatic carbocycles. The molecular formula is C41H26N2. The third-order valence-corrected chi connectivity index (χ3v) is 10.1. The molecule has 10 rings (SSSR count). The van der Waals surface area contributed by atoms with E-state index in [0.29, 0.717) is 0 Å². The molecule has 0 radical (unpaired) electrons. The first kappa shape index (κ1) is 23.2. The molecule has 2 nitrogen and oxygen atoms in total. The van der Waals surface area contributed by atoms with E-state index in [-0.39, 0.29) is 5.41 Å². The van der Waals surface area contributed by atoms with Crippen LogP contribution in [-0.4, -0.2) is 9.97 Å². The summed E-state index contributed by atoms with van der Waals surface area (Å²) >= 11 is 0. The predicted molar refractivity (Wildman–Crippen MR) is 177 cm³/mol. The van der Waals surface area contributed by atoms with Gasteiger partial charge in [0.05, 0.1) is 16.4 Å². The van der Waals surface area contributed by atoms with Gasteiger partial charge in [0.2, 0.25) is 0 Å². The van der Waals surface area contributed by atoms with Gasteiger partial charge in [-0.25, -0.2) is 0 Å². The molecule has 0 fully saturated rings. The molecular weight excluding hydrogens is 520 g/mol. The molecule has 2 heteroatoms. The Hall–Kier alpha value is -5.34. The molecule has 8 aromatic rings. The second-order valence-electron chi connectivity index (χ2n) is 12.2. The lowest BCUT2D eigenvalue weighted by molar-refractivity contribution is 0.794. The first-order valence-electron chi connectivity index (χ1n) is 15.0. The van der Waals surface area contributed by atoms with Gasteiger partial charge in [0.15, 0.2) is 0 Å². The van der Waals surface area contributed by atoms with Crippen molar-refractivity contribution in [1.29, 1.82) is 0 Å². The van der Waals surface area contributed by atoms with Gasteiger partial charge in [-0.15, -0.1) is 0 Å². The van der Waals surface area contributed by atoms with Crippen LogP contribution in [0.2, 0.25) is 0 Å². The van der Waals surface area contributed by atoms with Crippen LogP contribution in [0.1, 0.15) is 33.6 Å². The van der Waals surface area contributed by atoms with Crippen LogP contribution in [0.25, 0.3) is 66.0 Å². The van der Waals surface area contributed by atoms with Crippen LogP contribution in [0.5, 0.6) is 0 Å². The minimum atomic E-state index is -0.315. The lowest BCUT2D eigenvalue weighted by Gasteiger charge is -2.30. The third kappa shape index (κ3) is 2.75. The SMILES string of the molecule is Cc1nc2cc(-c3ccc4c(c3)-c3ccccc3C43c4ccccc4-c4ccccc43)cc3c(C)nc4cccc1c4c23. The number of benzene rings is 6. The summed E-state index contributed by atoms with van der Waals surface area (Å²) in [7, 11) is 0. The standard InChI is InChI=1S/C41H26N2/c1-23-27-13-9-17-37-39(27)40-31(24(2)42-37)21-26(22-38(40)43-23)25-18-19-36-32(20-25)30-12-5-8-16-35(30)41(36)33-14-6-3-10-28(33)29-11-4-7-15-34(29)41/h3-22H,1-2H3. The number of nitrogens with zero attached hydrogens (tertiary/aromatic N) is 2. The summed E-state index contributed by atoms with van der Waals surface area (Å²) in [6.07, 6.45) is 0. The Balaban J connectivity index is 1.26. The highest BCUT2D eigenvalue weighted by Crippen LogP contribution is 2.62. The van der Waals surface area contributed by atoms with Crippen LogP contribution in [0.3, 0.4) is 0 Å². The van der Waals surface area contributed by atoms with E-state index in [4.69, 9.17) is 9.97 Å². The Labute approximate surface area is 249 Å². The molecule has 0 saturated heterocycles. The Morgan fingerprint density at radius 2 is 0.977 bits per heavy atom. The van der Waals surface area contributed by atoms with Crippen molar-refractivity contribution in [2.75, 3.05) is 0 Å². The Bertz CT molecular complexity index is 2440. The van der Waals surface area contributed by atoms with Gasteiger partial charge < -0.3 is 0 Å². The van der Waals surface area contributed by atoms with Crippen LogP contribution in [-0.2, 0) is 5.41 Å². The average Bonchev–Trinajstić information content (AvgIpc) is 3.51. The molecule has 1 spiro atoms. The van der Waals surface area contributed by atoms with E-state index >= 15 is 0 Å². The lowest BCUT2D eigenvalue weighted by atomic mass is 9.70. The summed E-state index contributed by atoms with van der Waals surface area (Å²) in [5, 5.41) is 4.81. The molecule has 0 N–H and O–H groups in total. The van der Waals surface area contributed by atoms with Gasteiger partial charge in [-0.3, -0.25) is 9.97 Å². The Morgan fingerprint density at radius 3 is 1.67 bits per heavy atom. The molecule has 0 aliphatic heterocycles. The summed E-state index contributed by atoms with van der Waals surface area (Å²) in [4.78, 5) is 10.2. The van der Waals surface area contributed by atoms with Gasteiger partial charge in [-0.2, -0.15) is 0 Å². The summed E-state index contributed by atoms with van der Waals surface area (Å²) in [5.41, 5.74) is 17.0. The van der Waals surface area contributed by atoms with E-state index in [1.807, 2.05) is 0 Å². The second kappa shape index (κ2) is 7.93. The van der Waals surface area contributed by atoms with E-state index in [1.54, 1.807) is 0 Å². The van der Waals surface area contributed by atoms with E-state index < -0.39 is 0 Å². The van der Waals surface area contributed by atoms with Crippen LogP contribution in [0, 0.1) is 13.8 Å². The molecule has 0 unspecified atom stereocenters. The zero-order chi connectivity index (χ0) is 28.4. The Morgan fingerprint density at radius 1 is 0.419 bits per heavy atom. The first-order valence-corrected chi connectivity index (χ1v) is 15.0. The second-order valence-corrected chi connectivity index (χ2v) is 12.2. The fourth-order valence-corrected chi connectivity index (χ4v) is 8.39. The smallest absolute Gasteiger partial charge is 0.0725 e. The van der Waals surface area contributed by atoms with Gasteiger partial charge in [0, 0.05) is 32.9 Å². The number of aromatic nitrogens is 2. The average molecular weight is 547 g/mol. The van der Waals surface area contributed by atoms with E-state index in [1.165, 1.54) is 77.2 Å². The number of fused-ring (bicyclic) bond motifs is 10. The highest BCUT2D eigenvalue weighted by Gasteiger charge is 2.51. The summed E-state index contributed by atoms with van der Waals surface area (Å²) < 4.78 is 0. The van der Waals surface area contributed by atoms with Crippen molar-refractivity contribution < 1.29 is 0 Å². The molecule has 0 atom stereocenters. The van der Waals surface area contributed by atoms with Crippen molar-refractivity contribution in [1.82, 2.24) is 9.97 Å². The van der Waals surface area contributed by atoms with Crippen molar-refractivity contribution in [3.63, 3.8) is 0 Å². The number of hydrogen-bond acceptors (Lipinski definition) is 2. The van der Waals surface area contributed by atoms with Gasteiger partial charge in [0.25, 0.3) is 0 Å². The number of hydrogen-bond donors (Lipinski definition) is 0. The molecule has 200 valence electrons. The highest BCUT2D eigenvalue weighted by atomic mass is 14.7. The van der Waals surface area contributed by atoms with Crippen molar-refractivity contribution >= 4 is 32.6 Å². The van der Waals surface area contributed by atoms with Crippen molar-refractivity contribution in [3.05, 3.63) is 155 Å². The largest absolute Gasteiger partial charge is 0.252 e. The van der Waals surface area contributed by atoms with Crippen molar-refractivity contribution in [3.8, 4) is 33.4 Å². The fraction of sp³-hybridized carbons (Fsp3) is 0.0732. The number of rotatable bonds is 1.